The SMILES string of the molecule is COCCNC(=O)CN(C)Cc1cc(Br)c(O)c(OC)c1. The van der Waals surface area contributed by atoms with Gasteiger partial charge in [0, 0.05) is 20.2 Å². The minimum absolute atomic E-state index is 0.0561. The number of benzene rings is 1. The van der Waals surface area contributed by atoms with Gasteiger partial charge in [-0.15, -0.1) is 0 Å². The molecule has 0 unspecified atom stereocenters. The third-order valence-corrected chi connectivity index (χ3v) is 3.41. The lowest BCUT2D eigenvalue weighted by Crippen LogP contribution is -2.36. The molecule has 2 N–H and O–H groups in total. The number of amides is 1. The summed E-state index contributed by atoms with van der Waals surface area (Å²) in [7, 11) is 4.94. The van der Waals surface area contributed by atoms with Gasteiger partial charge in [-0.25, -0.2) is 0 Å². The van der Waals surface area contributed by atoms with Crippen molar-refractivity contribution in [1.29, 1.82) is 0 Å². The monoisotopic (exact) mass is 360 g/mol. The zero-order valence-corrected chi connectivity index (χ0v) is 14.1. The second-order valence-electron chi connectivity index (χ2n) is 4.64. The molecule has 1 aromatic rings. The molecule has 0 saturated carbocycles. The van der Waals surface area contributed by atoms with Gasteiger partial charge in [0.05, 0.1) is 24.7 Å². The summed E-state index contributed by atoms with van der Waals surface area (Å²) in [6, 6.07) is 3.55. The van der Waals surface area contributed by atoms with Crippen LogP contribution in [0.2, 0.25) is 0 Å². The third kappa shape index (κ3) is 5.91. The lowest BCUT2D eigenvalue weighted by molar-refractivity contribution is -0.122. The first-order valence-electron chi connectivity index (χ1n) is 6.47. The zero-order chi connectivity index (χ0) is 15.8. The second kappa shape index (κ2) is 8.86. The van der Waals surface area contributed by atoms with E-state index >= 15 is 0 Å². The number of likely N-dealkylation sites (N-methyl/N-ethyl adjacent to an activating group) is 1. The molecule has 0 bridgehead atoms. The fourth-order valence-electron chi connectivity index (χ4n) is 1.84. The fraction of sp³-hybridized carbons (Fsp3) is 0.500. The highest BCUT2D eigenvalue weighted by atomic mass is 79.9. The molecule has 0 heterocycles. The number of ether oxygens (including phenoxy) is 2. The minimum Gasteiger partial charge on any atom is -0.503 e. The zero-order valence-electron chi connectivity index (χ0n) is 12.5. The normalized spacial score (nSPS) is 10.7. The van der Waals surface area contributed by atoms with Gasteiger partial charge in [-0.1, -0.05) is 0 Å². The van der Waals surface area contributed by atoms with Crippen molar-refractivity contribution in [3.8, 4) is 11.5 Å². The van der Waals surface area contributed by atoms with E-state index in [-0.39, 0.29) is 18.2 Å². The Morgan fingerprint density at radius 2 is 2.14 bits per heavy atom. The predicted octanol–water partition coefficient (Wildman–Crippen LogP) is 1.36. The van der Waals surface area contributed by atoms with Crippen LogP contribution >= 0.6 is 15.9 Å². The topological polar surface area (TPSA) is 71.0 Å². The first-order chi connectivity index (χ1) is 9.97. The third-order valence-electron chi connectivity index (χ3n) is 2.80. The van der Waals surface area contributed by atoms with Crippen molar-refractivity contribution >= 4 is 21.8 Å². The van der Waals surface area contributed by atoms with E-state index in [0.29, 0.717) is 29.9 Å². The summed E-state index contributed by atoms with van der Waals surface area (Å²) in [5.41, 5.74) is 0.934. The van der Waals surface area contributed by atoms with Gasteiger partial charge in [0.25, 0.3) is 0 Å². The number of hydrogen-bond acceptors (Lipinski definition) is 5. The van der Waals surface area contributed by atoms with Crippen molar-refractivity contribution in [1.82, 2.24) is 10.2 Å². The van der Waals surface area contributed by atoms with E-state index < -0.39 is 0 Å². The molecular formula is C14H21BrN2O4. The van der Waals surface area contributed by atoms with Crippen molar-refractivity contribution in [2.24, 2.45) is 0 Å². The van der Waals surface area contributed by atoms with Gasteiger partial charge in [0.15, 0.2) is 11.5 Å². The number of carbonyl (C=O) groups is 1. The Hall–Kier alpha value is -1.31. The summed E-state index contributed by atoms with van der Waals surface area (Å²) in [5.74, 6) is 0.415. The van der Waals surface area contributed by atoms with E-state index in [2.05, 4.69) is 21.2 Å². The number of hydrogen-bond donors (Lipinski definition) is 2. The van der Waals surface area contributed by atoms with Crippen LogP contribution < -0.4 is 10.1 Å². The molecule has 0 aliphatic heterocycles. The highest BCUT2D eigenvalue weighted by Gasteiger charge is 2.11. The molecule has 0 aromatic heterocycles. The highest BCUT2D eigenvalue weighted by Crippen LogP contribution is 2.35. The van der Waals surface area contributed by atoms with Gasteiger partial charge in [0.1, 0.15) is 0 Å². The number of halogens is 1. The Bertz CT molecular complexity index is 482. The molecule has 6 nitrogen and oxygen atoms in total. The summed E-state index contributed by atoms with van der Waals surface area (Å²) >= 11 is 3.28. The van der Waals surface area contributed by atoms with Crippen molar-refractivity contribution < 1.29 is 19.4 Å². The van der Waals surface area contributed by atoms with Crippen LogP contribution in [0.1, 0.15) is 5.56 Å². The van der Waals surface area contributed by atoms with Crippen LogP contribution in [0.15, 0.2) is 16.6 Å². The van der Waals surface area contributed by atoms with Crippen molar-refractivity contribution in [3.05, 3.63) is 22.2 Å². The van der Waals surface area contributed by atoms with Gasteiger partial charge in [-0.3, -0.25) is 9.69 Å². The van der Waals surface area contributed by atoms with E-state index in [4.69, 9.17) is 9.47 Å². The number of phenolic OH excluding ortho intramolecular Hbond substituents is 1. The predicted molar refractivity (Wildman–Crippen MR) is 83.6 cm³/mol. The van der Waals surface area contributed by atoms with Crippen LogP contribution in [0.4, 0.5) is 0 Å². The summed E-state index contributed by atoms with van der Waals surface area (Å²) in [4.78, 5) is 13.6. The quantitative estimate of drug-likeness (QED) is 0.685. The molecule has 0 fully saturated rings. The summed E-state index contributed by atoms with van der Waals surface area (Å²) in [5, 5.41) is 12.5. The molecule has 1 amide bonds. The maximum absolute atomic E-state index is 11.7. The number of nitrogens with one attached hydrogen (secondary N) is 1. The summed E-state index contributed by atoms with van der Waals surface area (Å²) < 4.78 is 10.5. The smallest absolute Gasteiger partial charge is 0.234 e. The first-order valence-corrected chi connectivity index (χ1v) is 7.26. The van der Waals surface area contributed by atoms with E-state index in [1.54, 1.807) is 19.2 Å². The lowest BCUT2D eigenvalue weighted by Gasteiger charge is -2.17. The van der Waals surface area contributed by atoms with Crippen LogP contribution in [0.5, 0.6) is 11.5 Å². The van der Waals surface area contributed by atoms with Crippen molar-refractivity contribution in [2.75, 3.05) is 41.0 Å². The van der Waals surface area contributed by atoms with Gasteiger partial charge < -0.3 is 19.9 Å². The van der Waals surface area contributed by atoms with Crippen LogP contribution in [-0.4, -0.2) is 56.9 Å². The van der Waals surface area contributed by atoms with Crippen molar-refractivity contribution in [2.45, 2.75) is 6.54 Å². The Morgan fingerprint density at radius 1 is 1.43 bits per heavy atom. The summed E-state index contributed by atoms with van der Waals surface area (Å²) in [6.45, 7) is 1.84. The fourth-order valence-corrected chi connectivity index (χ4v) is 2.32. The number of rotatable bonds is 8. The second-order valence-corrected chi connectivity index (χ2v) is 5.50. The van der Waals surface area contributed by atoms with E-state index in [1.807, 2.05) is 11.9 Å². The molecule has 0 spiro atoms. The largest absolute Gasteiger partial charge is 0.503 e. The minimum atomic E-state index is -0.0561. The number of phenols is 1. The maximum atomic E-state index is 11.7. The van der Waals surface area contributed by atoms with Crippen LogP contribution in [-0.2, 0) is 16.1 Å². The van der Waals surface area contributed by atoms with Gasteiger partial charge in [0.2, 0.25) is 5.91 Å². The van der Waals surface area contributed by atoms with Gasteiger partial charge >= 0.3 is 0 Å². The number of carbonyl (C=O) groups excluding carboxylic acids is 1. The number of methoxy groups -OCH3 is 2. The van der Waals surface area contributed by atoms with Crippen LogP contribution in [0.3, 0.4) is 0 Å². The molecule has 0 radical (unpaired) electrons. The van der Waals surface area contributed by atoms with E-state index in [1.165, 1.54) is 7.11 Å². The molecule has 1 aromatic carbocycles. The van der Waals surface area contributed by atoms with Crippen LogP contribution in [0.25, 0.3) is 0 Å². The molecule has 0 atom stereocenters. The van der Waals surface area contributed by atoms with Gasteiger partial charge in [-0.05, 0) is 40.7 Å². The van der Waals surface area contributed by atoms with E-state index in [9.17, 15) is 9.90 Å². The molecule has 118 valence electrons. The number of nitrogens with zero attached hydrogens (tertiary/aromatic N) is 1. The Kier molecular flexibility index (Phi) is 7.49. The average molecular weight is 361 g/mol. The molecule has 7 heteroatoms. The molecular weight excluding hydrogens is 340 g/mol. The Labute approximate surface area is 133 Å². The average Bonchev–Trinajstić information content (AvgIpc) is 2.42. The Balaban J connectivity index is 2.56. The molecule has 1 rings (SSSR count). The first kappa shape index (κ1) is 17.7. The number of aromatic hydroxyl groups is 1. The van der Waals surface area contributed by atoms with E-state index in [0.717, 1.165) is 5.56 Å². The molecule has 21 heavy (non-hydrogen) atoms. The Morgan fingerprint density at radius 3 is 2.76 bits per heavy atom. The molecule has 0 aliphatic carbocycles. The molecule has 0 saturated heterocycles. The molecule has 0 aliphatic rings. The standard InChI is InChI=1S/C14H21BrN2O4/c1-17(9-13(18)16-4-5-20-2)8-10-6-11(15)14(19)12(7-10)21-3/h6-7,19H,4-5,8-9H2,1-3H3,(H,16,18). The van der Waals surface area contributed by atoms with Gasteiger partial charge in [-0.2, -0.15) is 0 Å². The lowest BCUT2D eigenvalue weighted by atomic mass is 10.2. The highest BCUT2D eigenvalue weighted by molar-refractivity contribution is 9.10. The maximum Gasteiger partial charge on any atom is 0.234 e. The van der Waals surface area contributed by atoms with Crippen LogP contribution in [0, 0.1) is 0 Å². The van der Waals surface area contributed by atoms with Crippen molar-refractivity contribution in [3.63, 3.8) is 0 Å². The summed E-state index contributed by atoms with van der Waals surface area (Å²) in [6.07, 6.45) is 0.